The van der Waals surface area contributed by atoms with Crippen molar-refractivity contribution in [3.8, 4) is 5.88 Å². The van der Waals surface area contributed by atoms with E-state index < -0.39 is 0 Å². The molecule has 3 aromatic heterocycles. The first-order valence-electron chi connectivity index (χ1n) is 12.5. The van der Waals surface area contributed by atoms with Crippen molar-refractivity contribution >= 4 is 17.6 Å². The summed E-state index contributed by atoms with van der Waals surface area (Å²) in [5.41, 5.74) is 1.99. The van der Waals surface area contributed by atoms with Crippen molar-refractivity contribution in [2.75, 3.05) is 30.8 Å². The molecule has 0 aliphatic carbocycles. The molecule has 0 bridgehead atoms. The van der Waals surface area contributed by atoms with Crippen LogP contribution in [0.25, 0.3) is 0 Å². The third kappa shape index (κ3) is 6.81. The third-order valence-electron chi connectivity index (χ3n) is 6.43. The van der Waals surface area contributed by atoms with E-state index in [-0.39, 0.29) is 11.3 Å². The van der Waals surface area contributed by atoms with E-state index >= 15 is 0 Å². The minimum atomic E-state index is -0.325. The van der Waals surface area contributed by atoms with Gasteiger partial charge in [0.2, 0.25) is 11.8 Å². The predicted molar refractivity (Wildman–Crippen MR) is 139 cm³/mol. The Morgan fingerprint density at radius 2 is 2.08 bits per heavy atom. The SMILES string of the molecule is CN1CCCC1CCCOc1cc(CNc2ncccc2C(=O)Nc2cc(C(C)(C)C)no2)ccn1. The molecule has 4 heterocycles. The van der Waals surface area contributed by atoms with E-state index in [4.69, 9.17) is 9.26 Å². The molecular formula is C27H36N6O3. The summed E-state index contributed by atoms with van der Waals surface area (Å²) in [6, 6.07) is 9.69. The molecule has 1 fully saturated rings. The van der Waals surface area contributed by atoms with Crippen LogP contribution in [-0.4, -0.2) is 52.2 Å². The molecule has 1 atom stereocenters. The summed E-state index contributed by atoms with van der Waals surface area (Å²) in [5.74, 6) is 1.06. The van der Waals surface area contributed by atoms with Crippen molar-refractivity contribution in [2.45, 2.75) is 64.5 Å². The fourth-order valence-corrected chi connectivity index (χ4v) is 4.26. The van der Waals surface area contributed by atoms with E-state index in [1.54, 1.807) is 30.6 Å². The zero-order chi connectivity index (χ0) is 25.5. The number of amides is 1. The van der Waals surface area contributed by atoms with Crippen molar-refractivity contribution in [1.82, 2.24) is 20.0 Å². The number of pyridine rings is 2. The first-order chi connectivity index (χ1) is 17.3. The Kier molecular flexibility index (Phi) is 8.20. The first-order valence-corrected chi connectivity index (χ1v) is 12.5. The van der Waals surface area contributed by atoms with Gasteiger partial charge in [-0.25, -0.2) is 9.97 Å². The summed E-state index contributed by atoms with van der Waals surface area (Å²) in [7, 11) is 2.20. The van der Waals surface area contributed by atoms with E-state index in [1.807, 2.05) is 32.9 Å². The minimum Gasteiger partial charge on any atom is -0.478 e. The summed E-state index contributed by atoms with van der Waals surface area (Å²) in [6.45, 7) is 8.41. The standard InChI is InChI=1S/C27H36N6O3/c1-27(2,3)22-17-24(36-32-22)31-26(34)21-10-5-12-29-25(21)30-18-19-11-13-28-23(16-19)35-15-7-9-20-8-6-14-33(20)4/h5,10-13,16-17,20H,6-9,14-15,18H2,1-4H3,(H,29,30)(H,31,34). The van der Waals surface area contributed by atoms with E-state index in [9.17, 15) is 4.79 Å². The minimum absolute atomic E-state index is 0.173. The van der Waals surface area contributed by atoms with Gasteiger partial charge in [-0.3, -0.25) is 10.1 Å². The van der Waals surface area contributed by atoms with Gasteiger partial charge in [-0.15, -0.1) is 0 Å². The quantitative estimate of drug-likeness (QED) is 0.386. The van der Waals surface area contributed by atoms with Crippen molar-refractivity contribution in [3.05, 3.63) is 59.5 Å². The molecule has 2 N–H and O–H groups in total. The number of carbonyl (C=O) groups excluding carboxylic acids is 1. The smallest absolute Gasteiger partial charge is 0.261 e. The summed E-state index contributed by atoms with van der Waals surface area (Å²) in [6.07, 6.45) is 8.10. The second-order valence-corrected chi connectivity index (χ2v) is 10.3. The van der Waals surface area contributed by atoms with Gasteiger partial charge in [-0.2, -0.15) is 0 Å². The maximum absolute atomic E-state index is 12.9. The zero-order valence-corrected chi connectivity index (χ0v) is 21.6. The molecule has 4 rings (SSSR count). The molecule has 36 heavy (non-hydrogen) atoms. The van der Waals surface area contributed by atoms with Crippen LogP contribution in [0.2, 0.25) is 0 Å². The number of anilines is 2. The van der Waals surface area contributed by atoms with Crippen molar-refractivity contribution in [1.29, 1.82) is 0 Å². The van der Waals surface area contributed by atoms with Gasteiger partial charge >= 0.3 is 0 Å². The van der Waals surface area contributed by atoms with Gasteiger partial charge in [-0.1, -0.05) is 25.9 Å². The monoisotopic (exact) mass is 492 g/mol. The molecule has 1 aliphatic heterocycles. The van der Waals surface area contributed by atoms with Gasteiger partial charge in [-0.05, 0) is 63.0 Å². The molecule has 9 nitrogen and oxygen atoms in total. The fourth-order valence-electron chi connectivity index (χ4n) is 4.26. The molecule has 0 spiro atoms. The summed E-state index contributed by atoms with van der Waals surface area (Å²) in [5, 5.41) is 10.1. The Morgan fingerprint density at radius 1 is 1.22 bits per heavy atom. The summed E-state index contributed by atoms with van der Waals surface area (Å²) < 4.78 is 11.2. The highest BCUT2D eigenvalue weighted by molar-refractivity contribution is 6.06. The first kappa shape index (κ1) is 25.6. The molecule has 1 amide bonds. The highest BCUT2D eigenvalue weighted by Gasteiger charge is 2.21. The molecular weight excluding hydrogens is 456 g/mol. The molecule has 1 unspecified atom stereocenters. The van der Waals surface area contributed by atoms with E-state index in [0.717, 1.165) is 24.1 Å². The number of carbonyl (C=O) groups is 1. The molecule has 0 radical (unpaired) electrons. The maximum Gasteiger partial charge on any atom is 0.261 e. The van der Waals surface area contributed by atoms with Crippen LogP contribution in [0.1, 0.15) is 68.1 Å². The van der Waals surface area contributed by atoms with Crippen LogP contribution in [0.3, 0.4) is 0 Å². The number of nitrogens with one attached hydrogen (secondary N) is 2. The van der Waals surface area contributed by atoms with Gasteiger partial charge in [0, 0.05) is 42.5 Å². The number of ether oxygens (including phenoxy) is 1. The number of hydrogen-bond donors (Lipinski definition) is 2. The molecule has 1 aliphatic rings. The zero-order valence-electron chi connectivity index (χ0n) is 21.6. The lowest BCUT2D eigenvalue weighted by Gasteiger charge is -2.19. The van der Waals surface area contributed by atoms with Gasteiger partial charge < -0.3 is 19.5 Å². The van der Waals surface area contributed by atoms with Crippen molar-refractivity contribution < 1.29 is 14.1 Å². The van der Waals surface area contributed by atoms with Crippen LogP contribution >= 0.6 is 0 Å². The highest BCUT2D eigenvalue weighted by atomic mass is 16.5. The molecule has 192 valence electrons. The number of likely N-dealkylation sites (tertiary alicyclic amines) is 1. The van der Waals surface area contributed by atoms with Gasteiger partial charge in [0.25, 0.3) is 5.91 Å². The van der Waals surface area contributed by atoms with Gasteiger partial charge in [0.15, 0.2) is 0 Å². The normalized spacial score (nSPS) is 16.2. The molecule has 3 aromatic rings. The average molecular weight is 493 g/mol. The van der Waals surface area contributed by atoms with Gasteiger partial charge in [0.1, 0.15) is 5.82 Å². The Morgan fingerprint density at radius 3 is 2.83 bits per heavy atom. The number of nitrogens with zero attached hydrogens (tertiary/aromatic N) is 4. The van der Waals surface area contributed by atoms with Crippen molar-refractivity contribution in [2.24, 2.45) is 0 Å². The number of rotatable bonds is 10. The third-order valence-corrected chi connectivity index (χ3v) is 6.43. The lowest BCUT2D eigenvalue weighted by molar-refractivity contribution is 0.102. The summed E-state index contributed by atoms with van der Waals surface area (Å²) in [4.78, 5) is 24.0. The second-order valence-electron chi connectivity index (χ2n) is 10.3. The van der Waals surface area contributed by atoms with E-state index in [0.29, 0.717) is 42.3 Å². The van der Waals surface area contributed by atoms with Crippen LogP contribution in [0.15, 0.2) is 47.2 Å². The van der Waals surface area contributed by atoms with Gasteiger partial charge in [0.05, 0.1) is 17.9 Å². The fraction of sp³-hybridized carbons (Fsp3) is 0.481. The topological polar surface area (TPSA) is 105 Å². The average Bonchev–Trinajstić information content (AvgIpc) is 3.50. The molecule has 9 heteroatoms. The second kappa shape index (κ2) is 11.5. The van der Waals surface area contributed by atoms with E-state index in [2.05, 4.69) is 37.7 Å². The summed E-state index contributed by atoms with van der Waals surface area (Å²) >= 11 is 0. The van der Waals surface area contributed by atoms with Crippen LogP contribution < -0.4 is 15.4 Å². The lowest BCUT2D eigenvalue weighted by Crippen LogP contribution is -2.25. The largest absolute Gasteiger partial charge is 0.478 e. The van der Waals surface area contributed by atoms with Crippen molar-refractivity contribution in [3.63, 3.8) is 0 Å². The lowest BCUT2D eigenvalue weighted by atomic mass is 9.92. The molecule has 0 saturated carbocycles. The Hall–Kier alpha value is -3.46. The van der Waals surface area contributed by atoms with E-state index in [1.165, 1.54) is 19.4 Å². The molecule has 1 saturated heterocycles. The Bertz CT molecular complexity index is 1160. The van der Waals surface area contributed by atoms with Crippen LogP contribution in [0.5, 0.6) is 5.88 Å². The Labute approximate surface area is 212 Å². The maximum atomic E-state index is 12.9. The van der Waals surface area contributed by atoms with Crippen LogP contribution in [-0.2, 0) is 12.0 Å². The predicted octanol–water partition coefficient (Wildman–Crippen LogP) is 4.88. The number of hydrogen-bond acceptors (Lipinski definition) is 8. The molecule has 0 aromatic carbocycles. The van der Waals surface area contributed by atoms with Crippen LogP contribution in [0, 0.1) is 0 Å². The highest BCUT2D eigenvalue weighted by Crippen LogP contribution is 2.25. The van der Waals surface area contributed by atoms with Crippen LogP contribution in [0.4, 0.5) is 11.7 Å². The Balaban J connectivity index is 1.31. The number of aromatic nitrogens is 3.